The summed E-state index contributed by atoms with van der Waals surface area (Å²) in [5.41, 5.74) is 8.92. The maximum absolute atomic E-state index is 12.7. The molecule has 1 saturated carbocycles. The number of benzene rings is 2. The minimum absolute atomic E-state index is 0.0256. The van der Waals surface area contributed by atoms with Crippen LogP contribution in [0.15, 0.2) is 65.5 Å². The number of aliphatic hydroxyl groups is 1. The van der Waals surface area contributed by atoms with E-state index < -0.39 is 0 Å². The molecule has 1 heterocycles. The van der Waals surface area contributed by atoms with Gasteiger partial charge in [-0.1, -0.05) is 35.9 Å². The molecule has 1 aliphatic rings. The molecule has 0 radical (unpaired) electrons. The quantitative estimate of drug-likeness (QED) is 0.480. The Morgan fingerprint density at radius 3 is 2.62 bits per heavy atom. The van der Waals surface area contributed by atoms with Crippen LogP contribution in [-0.4, -0.2) is 40.5 Å². The zero-order valence-corrected chi connectivity index (χ0v) is 19.7. The highest BCUT2D eigenvalue weighted by Crippen LogP contribution is 2.42. The standard InChI is InChI=1S/C26H29ClN4O3/c27-21-6-2-5-20(16-21)26(17-28)11-9-22(10-12-26)31-24(33)8-7-23(30-31)18-3-1-4-19(15-18)25(34)29-13-14-32/h1-8,15-16,22,32H,9-14,17,28H2,(H,29,34)/t22-,26-. The van der Waals surface area contributed by atoms with E-state index in [1.54, 1.807) is 28.9 Å². The Labute approximate surface area is 203 Å². The number of amides is 1. The number of carbonyl (C=O) groups excluding carboxylic acids is 1. The molecule has 0 spiro atoms. The highest BCUT2D eigenvalue weighted by atomic mass is 35.5. The number of rotatable bonds is 7. The molecular formula is C26H29ClN4O3. The zero-order chi connectivity index (χ0) is 24.1. The predicted molar refractivity (Wildman–Crippen MR) is 133 cm³/mol. The van der Waals surface area contributed by atoms with Gasteiger partial charge < -0.3 is 16.2 Å². The first-order valence-corrected chi connectivity index (χ1v) is 11.9. The molecule has 1 aliphatic carbocycles. The Morgan fingerprint density at radius 2 is 1.91 bits per heavy atom. The fourth-order valence-electron chi connectivity index (χ4n) is 4.76. The second-order valence-electron chi connectivity index (χ2n) is 8.79. The summed E-state index contributed by atoms with van der Waals surface area (Å²) in [7, 11) is 0. The van der Waals surface area contributed by atoms with Crippen molar-refractivity contribution < 1.29 is 9.90 Å². The Kier molecular flexibility index (Phi) is 7.46. The minimum atomic E-state index is -0.268. The van der Waals surface area contributed by atoms with Crippen LogP contribution in [0.2, 0.25) is 5.02 Å². The molecule has 3 aromatic rings. The van der Waals surface area contributed by atoms with Gasteiger partial charge in [-0.3, -0.25) is 9.59 Å². The number of aliphatic hydroxyl groups excluding tert-OH is 1. The van der Waals surface area contributed by atoms with E-state index in [1.807, 2.05) is 24.3 Å². The maximum Gasteiger partial charge on any atom is 0.267 e. The molecule has 4 N–H and O–H groups in total. The fourth-order valence-corrected chi connectivity index (χ4v) is 4.95. The lowest BCUT2D eigenvalue weighted by molar-refractivity contribution is 0.0945. The number of nitrogens with zero attached hydrogens (tertiary/aromatic N) is 2. The summed E-state index contributed by atoms with van der Waals surface area (Å²) in [6.45, 7) is 0.586. The second-order valence-corrected chi connectivity index (χ2v) is 9.22. The number of halogens is 1. The average molecular weight is 481 g/mol. The van der Waals surface area contributed by atoms with E-state index in [-0.39, 0.29) is 36.1 Å². The molecule has 7 nitrogen and oxygen atoms in total. The lowest BCUT2D eigenvalue weighted by Crippen LogP contribution is -2.41. The van der Waals surface area contributed by atoms with Crippen molar-refractivity contribution in [2.45, 2.75) is 37.1 Å². The van der Waals surface area contributed by atoms with Crippen LogP contribution in [0.5, 0.6) is 0 Å². The molecule has 2 aromatic carbocycles. The highest BCUT2D eigenvalue weighted by molar-refractivity contribution is 6.30. The number of nitrogens with two attached hydrogens (primary N) is 1. The van der Waals surface area contributed by atoms with Gasteiger partial charge >= 0.3 is 0 Å². The number of aromatic nitrogens is 2. The van der Waals surface area contributed by atoms with Gasteiger partial charge in [0.05, 0.1) is 18.3 Å². The van der Waals surface area contributed by atoms with Crippen LogP contribution >= 0.6 is 11.6 Å². The van der Waals surface area contributed by atoms with E-state index in [9.17, 15) is 9.59 Å². The molecule has 8 heteroatoms. The van der Waals surface area contributed by atoms with Crippen LogP contribution in [-0.2, 0) is 5.41 Å². The van der Waals surface area contributed by atoms with Crippen LogP contribution in [0.3, 0.4) is 0 Å². The molecular weight excluding hydrogens is 452 g/mol. The van der Waals surface area contributed by atoms with Crippen molar-refractivity contribution >= 4 is 17.5 Å². The van der Waals surface area contributed by atoms with Gasteiger partial charge in [0.2, 0.25) is 0 Å². The topological polar surface area (TPSA) is 110 Å². The Bertz CT molecular complexity index is 1220. The molecule has 34 heavy (non-hydrogen) atoms. The minimum Gasteiger partial charge on any atom is -0.395 e. The van der Waals surface area contributed by atoms with Crippen molar-refractivity contribution in [2.75, 3.05) is 19.7 Å². The van der Waals surface area contributed by atoms with Crippen molar-refractivity contribution in [1.29, 1.82) is 0 Å². The summed E-state index contributed by atoms with van der Waals surface area (Å²) in [5.74, 6) is -0.268. The molecule has 0 unspecified atom stereocenters. The van der Waals surface area contributed by atoms with Gasteiger partial charge in [-0.05, 0) is 61.6 Å². The Hall–Kier alpha value is -3.00. The van der Waals surface area contributed by atoms with E-state index in [4.69, 9.17) is 22.4 Å². The van der Waals surface area contributed by atoms with Gasteiger partial charge in [-0.25, -0.2) is 4.68 Å². The lowest BCUT2D eigenvalue weighted by atomic mass is 9.68. The first-order valence-electron chi connectivity index (χ1n) is 11.5. The molecule has 1 fully saturated rings. The van der Waals surface area contributed by atoms with E-state index in [0.717, 1.165) is 36.8 Å². The molecule has 1 amide bonds. The molecule has 0 saturated heterocycles. The van der Waals surface area contributed by atoms with Crippen LogP contribution < -0.4 is 16.6 Å². The maximum atomic E-state index is 12.7. The molecule has 0 atom stereocenters. The Morgan fingerprint density at radius 1 is 1.15 bits per heavy atom. The molecule has 178 valence electrons. The van der Waals surface area contributed by atoms with Gasteiger partial charge in [-0.2, -0.15) is 5.10 Å². The summed E-state index contributed by atoms with van der Waals surface area (Å²) in [6.07, 6.45) is 3.24. The molecule has 0 aliphatic heterocycles. The normalized spacial score (nSPS) is 20.1. The van der Waals surface area contributed by atoms with Crippen LogP contribution in [0.1, 0.15) is 47.6 Å². The third-order valence-corrected chi connectivity index (χ3v) is 6.96. The smallest absolute Gasteiger partial charge is 0.267 e. The zero-order valence-electron chi connectivity index (χ0n) is 18.9. The highest BCUT2D eigenvalue weighted by Gasteiger charge is 2.37. The number of carbonyl (C=O) groups is 1. The summed E-state index contributed by atoms with van der Waals surface area (Å²) in [6, 6.07) is 18.2. The van der Waals surface area contributed by atoms with E-state index in [1.165, 1.54) is 6.07 Å². The largest absolute Gasteiger partial charge is 0.395 e. The first-order chi connectivity index (χ1) is 16.5. The monoisotopic (exact) mass is 480 g/mol. The third kappa shape index (κ3) is 5.06. The van der Waals surface area contributed by atoms with Crippen molar-refractivity contribution in [1.82, 2.24) is 15.1 Å². The predicted octanol–water partition coefficient (Wildman–Crippen LogP) is 3.30. The van der Waals surface area contributed by atoms with E-state index >= 15 is 0 Å². The number of nitrogens with one attached hydrogen (secondary N) is 1. The summed E-state index contributed by atoms with van der Waals surface area (Å²) < 4.78 is 1.58. The van der Waals surface area contributed by atoms with Crippen LogP contribution in [0, 0.1) is 0 Å². The van der Waals surface area contributed by atoms with Crippen molar-refractivity contribution in [3.63, 3.8) is 0 Å². The molecule has 1 aromatic heterocycles. The van der Waals surface area contributed by atoms with Crippen molar-refractivity contribution in [3.8, 4) is 11.3 Å². The van der Waals surface area contributed by atoms with Crippen LogP contribution in [0.4, 0.5) is 0 Å². The average Bonchev–Trinajstić information content (AvgIpc) is 2.88. The van der Waals surface area contributed by atoms with Gasteiger partial charge in [0.1, 0.15) is 0 Å². The van der Waals surface area contributed by atoms with Crippen molar-refractivity contribution in [3.05, 3.63) is 87.2 Å². The van der Waals surface area contributed by atoms with E-state index in [2.05, 4.69) is 16.5 Å². The second kappa shape index (κ2) is 10.5. The summed E-state index contributed by atoms with van der Waals surface area (Å²) in [4.78, 5) is 25.0. The van der Waals surface area contributed by atoms with Gasteiger partial charge in [-0.15, -0.1) is 0 Å². The number of hydrogen-bond donors (Lipinski definition) is 3. The number of hydrogen-bond acceptors (Lipinski definition) is 5. The van der Waals surface area contributed by atoms with Crippen molar-refractivity contribution in [2.24, 2.45) is 5.73 Å². The third-order valence-electron chi connectivity index (χ3n) is 6.73. The fraction of sp³-hybridized carbons (Fsp3) is 0.346. The van der Waals surface area contributed by atoms with Gasteiger partial charge in [0, 0.05) is 40.7 Å². The van der Waals surface area contributed by atoms with Crippen LogP contribution in [0.25, 0.3) is 11.3 Å². The SMILES string of the molecule is NC[C@]1(c2cccc(Cl)c2)CC[C@H](n2nc(-c3cccc(C(=O)NCCO)c3)ccc2=O)CC1. The molecule has 4 rings (SSSR count). The Balaban J connectivity index is 1.56. The first kappa shape index (κ1) is 24.1. The van der Waals surface area contributed by atoms with Gasteiger partial charge in [0.15, 0.2) is 0 Å². The summed E-state index contributed by atoms with van der Waals surface area (Å²) >= 11 is 6.23. The molecule has 0 bridgehead atoms. The lowest BCUT2D eigenvalue weighted by Gasteiger charge is -2.40. The van der Waals surface area contributed by atoms with Gasteiger partial charge in [0.25, 0.3) is 11.5 Å². The summed E-state index contributed by atoms with van der Waals surface area (Å²) in [5, 5.41) is 16.9. The van der Waals surface area contributed by atoms with E-state index in [0.29, 0.717) is 22.8 Å².